The van der Waals surface area contributed by atoms with Gasteiger partial charge >= 0.3 is 5.97 Å². The van der Waals surface area contributed by atoms with Crippen LogP contribution in [0.1, 0.15) is 48.0 Å². The van der Waals surface area contributed by atoms with Crippen LogP contribution < -0.4 is 0 Å². The van der Waals surface area contributed by atoms with Crippen LogP contribution in [0.4, 0.5) is 0 Å². The highest BCUT2D eigenvalue weighted by atomic mass is 16.5. The van der Waals surface area contributed by atoms with Crippen LogP contribution in [0.5, 0.6) is 0 Å². The van der Waals surface area contributed by atoms with Crippen molar-refractivity contribution in [3.05, 3.63) is 65.0 Å². The first kappa shape index (κ1) is 20.2. The van der Waals surface area contributed by atoms with Gasteiger partial charge in [-0.05, 0) is 30.7 Å². The highest BCUT2D eigenvalue weighted by molar-refractivity contribution is 6.22. The number of benzene rings is 1. The van der Waals surface area contributed by atoms with Gasteiger partial charge in [-0.2, -0.15) is 0 Å². The predicted molar refractivity (Wildman–Crippen MR) is 105 cm³/mol. The van der Waals surface area contributed by atoms with Gasteiger partial charge in [-0.25, -0.2) is 14.8 Å². The summed E-state index contributed by atoms with van der Waals surface area (Å²) in [5, 5.41) is 2.46. The van der Waals surface area contributed by atoms with Crippen molar-refractivity contribution in [1.82, 2.24) is 19.9 Å². The van der Waals surface area contributed by atoms with Crippen LogP contribution >= 0.6 is 0 Å². The Morgan fingerprint density at radius 2 is 1.61 bits per heavy atom. The van der Waals surface area contributed by atoms with Crippen molar-refractivity contribution < 1.29 is 28.7 Å². The molecule has 0 spiro atoms. The quantitative estimate of drug-likeness (QED) is 0.527. The van der Waals surface area contributed by atoms with Gasteiger partial charge in [0.1, 0.15) is 12.2 Å². The van der Waals surface area contributed by atoms with Crippen LogP contribution in [-0.4, -0.2) is 76.2 Å². The third-order valence-corrected chi connectivity index (χ3v) is 5.13. The van der Waals surface area contributed by atoms with E-state index >= 15 is 0 Å². The maximum atomic E-state index is 12.9. The molecule has 10 heteroatoms. The van der Waals surface area contributed by atoms with Gasteiger partial charge in [0, 0.05) is 19.3 Å². The topological polar surface area (TPSA) is 117 Å². The normalized spacial score (nSPS) is 15.3. The molecule has 0 aliphatic carbocycles. The minimum atomic E-state index is -0.578. The summed E-state index contributed by atoms with van der Waals surface area (Å²) in [6.45, 7) is 0.0892. The molecule has 158 valence electrons. The number of hydrogen-bond donors (Lipinski definition) is 0. The molecule has 4 amide bonds. The van der Waals surface area contributed by atoms with Gasteiger partial charge in [0.25, 0.3) is 23.6 Å². The summed E-state index contributed by atoms with van der Waals surface area (Å²) in [6.07, 6.45) is 1.76. The van der Waals surface area contributed by atoms with E-state index in [1.54, 1.807) is 12.1 Å². The van der Waals surface area contributed by atoms with E-state index in [2.05, 4.69) is 9.72 Å². The van der Waals surface area contributed by atoms with Crippen LogP contribution in [0.15, 0.2) is 42.6 Å². The Morgan fingerprint density at radius 1 is 0.968 bits per heavy atom. The Morgan fingerprint density at radius 3 is 2.19 bits per heavy atom. The number of fused-ring (bicyclic) bond motifs is 1. The second-order valence-corrected chi connectivity index (χ2v) is 6.96. The molecular formula is C21H18N4O6. The number of amides is 4. The summed E-state index contributed by atoms with van der Waals surface area (Å²) in [7, 11) is 1.24. The summed E-state index contributed by atoms with van der Waals surface area (Å²) < 4.78 is 4.60. The molecule has 1 saturated heterocycles. The Hall–Kier alpha value is -4.08. The summed E-state index contributed by atoms with van der Waals surface area (Å²) in [4.78, 5) is 67.2. The van der Waals surface area contributed by atoms with Gasteiger partial charge in [0.2, 0.25) is 0 Å². The lowest BCUT2D eigenvalue weighted by atomic mass is 10.1. The Labute approximate surface area is 177 Å². The molecule has 0 radical (unpaired) electrons. The Bertz CT molecular complexity index is 1060. The molecule has 10 nitrogen and oxygen atoms in total. The van der Waals surface area contributed by atoms with Crippen molar-refractivity contribution in [2.24, 2.45) is 0 Å². The Balaban J connectivity index is 1.48. The summed E-state index contributed by atoms with van der Waals surface area (Å²) in [6, 6.07) is 9.15. The number of hydrazine groups is 1. The third kappa shape index (κ3) is 3.52. The van der Waals surface area contributed by atoms with Crippen LogP contribution in [-0.2, 0) is 9.53 Å². The first-order valence-corrected chi connectivity index (χ1v) is 9.54. The van der Waals surface area contributed by atoms with E-state index < -0.39 is 36.1 Å². The monoisotopic (exact) mass is 422 g/mol. The predicted octanol–water partition coefficient (Wildman–Crippen LogP) is 0.754. The molecule has 1 aromatic heterocycles. The SMILES string of the molecule is COC(=O)c1ccc(C(=O)N2CCCN2C(=O)CN2C(=O)c3ccccc3C2=O)nc1. The zero-order chi connectivity index (χ0) is 22.1. The van der Waals surface area contributed by atoms with Crippen molar-refractivity contribution in [3.63, 3.8) is 0 Å². The van der Waals surface area contributed by atoms with Gasteiger partial charge in [-0.15, -0.1) is 0 Å². The number of nitrogens with zero attached hydrogens (tertiary/aromatic N) is 4. The van der Waals surface area contributed by atoms with Crippen molar-refractivity contribution in [3.8, 4) is 0 Å². The highest BCUT2D eigenvalue weighted by Gasteiger charge is 2.39. The number of rotatable bonds is 4. The first-order valence-electron chi connectivity index (χ1n) is 9.54. The van der Waals surface area contributed by atoms with Crippen molar-refractivity contribution in [1.29, 1.82) is 0 Å². The van der Waals surface area contributed by atoms with E-state index in [4.69, 9.17) is 0 Å². The zero-order valence-electron chi connectivity index (χ0n) is 16.6. The lowest BCUT2D eigenvalue weighted by molar-refractivity contribution is -0.140. The molecule has 0 bridgehead atoms. The maximum absolute atomic E-state index is 12.9. The molecule has 2 aromatic rings. The maximum Gasteiger partial charge on any atom is 0.339 e. The second kappa shape index (κ2) is 7.98. The summed E-state index contributed by atoms with van der Waals surface area (Å²) in [5.41, 5.74) is 0.751. The molecule has 0 N–H and O–H groups in total. The van der Waals surface area contributed by atoms with Crippen molar-refractivity contribution >= 4 is 29.6 Å². The van der Waals surface area contributed by atoms with E-state index in [1.807, 2.05) is 0 Å². The number of carbonyl (C=O) groups excluding carboxylic acids is 5. The largest absolute Gasteiger partial charge is 0.465 e. The third-order valence-electron chi connectivity index (χ3n) is 5.13. The van der Waals surface area contributed by atoms with Gasteiger partial charge in [-0.3, -0.25) is 29.1 Å². The fourth-order valence-corrected chi connectivity index (χ4v) is 3.57. The number of imide groups is 1. The van der Waals surface area contributed by atoms with E-state index in [0.717, 1.165) is 4.90 Å². The molecule has 3 heterocycles. The molecule has 2 aliphatic rings. The molecule has 0 unspecified atom stereocenters. The second-order valence-electron chi connectivity index (χ2n) is 6.96. The van der Waals surface area contributed by atoms with E-state index in [-0.39, 0.29) is 35.5 Å². The number of carbonyl (C=O) groups is 5. The fourth-order valence-electron chi connectivity index (χ4n) is 3.57. The number of ether oxygens (including phenoxy) is 1. The number of esters is 1. The van der Waals surface area contributed by atoms with E-state index in [9.17, 15) is 24.0 Å². The van der Waals surface area contributed by atoms with Gasteiger partial charge in [-0.1, -0.05) is 12.1 Å². The molecule has 4 rings (SSSR count). The number of methoxy groups -OCH3 is 1. The minimum absolute atomic E-state index is 0.0492. The summed E-state index contributed by atoms with van der Waals surface area (Å²) in [5.74, 6) is -2.72. The molecule has 1 aromatic carbocycles. The van der Waals surface area contributed by atoms with Crippen molar-refractivity contribution in [2.75, 3.05) is 26.7 Å². The van der Waals surface area contributed by atoms with Crippen molar-refractivity contribution in [2.45, 2.75) is 6.42 Å². The molecule has 0 saturated carbocycles. The zero-order valence-corrected chi connectivity index (χ0v) is 16.6. The number of pyridine rings is 1. The average molecular weight is 422 g/mol. The highest BCUT2D eigenvalue weighted by Crippen LogP contribution is 2.23. The molecule has 0 atom stereocenters. The van der Waals surface area contributed by atoms with Gasteiger partial charge < -0.3 is 4.74 Å². The molecule has 2 aliphatic heterocycles. The lowest BCUT2D eigenvalue weighted by Crippen LogP contribution is -2.49. The molecule has 31 heavy (non-hydrogen) atoms. The standard InChI is InChI=1S/C21H18N4O6/c1-31-21(30)13-7-8-16(22-11-13)20(29)25-10-4-9-24(25)17(26)12-23-18(27)14-5-2-3-6-15(14)19(23)28/h2-3,5-8,11H,4,9-10,12H2,1H3. The van der Waals surface area contributed by atoms with Crippen LogP contribution in [0.25, 0.3) is 0 Å². The minimum Gasteiger partial charge on any atom is -0.465 e. The lowest BCUT2D eigenvalue weighted by Gasteiger charge is -2.28. The van der Waals surface area contributed by atoms with E-state index in [1.165, 1.54) is 47.6 Å². The molecular weight excluding hydrogens is 404 g/mol. The van der Waals surface area contributed by atoms with Gasteiger partial charge in [0.15, 0.2) is 0 Å². The van der Waals surface area contributed by atoms with Crippen LogP contribution in [0.3, 0.4) is 0 Å². The number of aromatic nitrogens is 1. The molecule has 1 fully saturated rings. The average Bonchev–Trinajstić information content (AvgIpc) is 3.38. The van der Waals surface area contributed by atoms with Crippen LogP contribution in [0, 0.1) is 0 Å². The fraction of sp³-hybridized carbons (Fsp3) is 0.238. The van der Waals surface area contributed by atoms with E-state index in [0.29, 0.717) is 6.42 Å². The number of hydrogen-bond acceptors (Lipinski definition) is 7. The Kier molecular flexibility index (Phi) is 5.20. The smallest absolute Gasteiger partial charge is 0.339 e. The van der Waals surface area contributed by atoms with Gasteiger partial charge in [0.05, 0.1) is 23.8 Å². The summed E-state index contributed by atoms with van der Waals surface area (Å²) >= 11 is 0. The van der Waals surface area contributed by atoms with Crippen LogP contribution in [0.2, 0.25) is 0 Å². The first-order chi connectivity index (χ1) is 14.9.